The van der Waals surface area contributed by atoms with Gasteiger partial charge in [0.1, 0.15) is 6.04 Å². The predicted octanol–water partition coefficient (Wildman–Crippen LogP) is 1.25. The summed E-state index contributed by atoms with van der Waals surface area (Å²) >= 11 is 0. The van der Waals surface area contributed by atoms with Crippen molar-refractivity contribution in [2.75, 3.05) is 0 Å². The van der Waals surface area contributed by atoms with Gasteiger partial charge >= 0.3 is 5.97 Å². The lowest BCUT2D eigenvalue weighted by Gasteiger charge is -2.29. The Hall–Kier alpha value is -1.86. The van der Waals surface area contributed by atoms with Crippen LogP contribution in [-0.2, 0) is 10.2 Å². The van der Waals surface area contributed by atoms with Gasteiger partial charge < -0.3 is 10.8 Å². The van der Waals surface area contributed by atoms with E-state index in [0.717, 1.165) is 5.56 Å². The Morgan fingerprint density at radius 3 is 2.31 bits per heavy atom. The fourth-order valence-corrected chi connectivity index (χ4v) is 1.46. The SMILES string of the molecule is CC(C)(c1ccc(C#N)cc1)C(N)C(=O)O. The van der Waals surface area contributed by atoms with E-state index in [-0.39, 0.29) is 0 Å². The van der Waals surface area contributed by atoms with Crippen molar-refractivity contribution >= 4 is 5.97 Å². The van der Waals surface area contributed by atoms with Crippen LogP contribution in [-0.4, -0.2) is 17.1 Å². The van der Waals surface area contributed by atoms with Gasteiger partial charge in [-0.15, -0.1) is 0 Å². The topological polar surface area (TPSA) is 87.1 Å². The molecule has 0 bridgehead atoms. The van der Waals surface area contributed by atoms with Crippen molar-refractivity contribution in [2.24, 2.45) is 5.73 Å². The van der Waals surface area contributed by atoms with E-state index in [1.54, 1.807) is 38.1 Å². The standard InChI is InChI=1S/C12H14N2O2/c1-12(2,10(14)11(15)16)9-5-3-8(7-13)4-6-9/h3-6,10H,14H2,1-2H3,(H,15,16). The van der Waals surface area contributed by atoms with E-state index in [4.69, 9.17) is 16.1 Å². The first-order valence-corrected chi connectivity index (χ1v) is 4.88. The monoisotopic (exact) mass is 218 g/mol. The Balaban J connectivity index is 3.07. The molecule has 0 fully saturated rings. The van der Waals surface area contributed by atoms with E-state index in [1.807, 2.05) is 6.07 Å². The molecule has 16 heavy (non-hydrogen) atoms. The van der Waals surface area contributed by atoms with Crippen molar-refractivity contribution in [3.8, 4) is 6.07 Å². The van der Waals surface area contributed by atoms with E-state index in [9.17, 15) is 4.79 Å². The molecule has 0 saturated heterocycles. The molecular formula is C12H14N2O2. The second-order valence-corrected chi connectivity index (χ2v) is 4.23. The number of carboxylic acids is 1. The van der Waals surface area contributed by atoms with Crippen molar-refractivity contribution in [3.05, 3.63) is 35.4 Å². The number of aliphatic carboxylic acids is 1. The van der Waals surface area contributed by atoms with Crippen LogP contribution in [0.2, 0.25) is 0 Å². The van der Waals surface area contributed by atoms with E-state index in [1.165, 1.54) is 0 Å². The second-order valence-electron chi connectivity index (χ2n) is 4.23. The number of hydrogen-bond donors (Lipinski definition) is 2. The lowest BCUT2D eigenvalue weighted by Crippen LogP contribution is -2.46. The molecule has 1 aromatic rings. The molecule has 0 aliphatic carbocycles. The minimum atomic E-state index is -1.03. The van der Waals surface area contributed by atoms with Gasteiger partial charge in [0.25, 0.3) is 0 Å². The second kappa shape index (κ2) is 4.33. The van der Waals surface area contributed by atoms with Crippen LogP contribution >= 0.6 is 0 Å². The largest absolute Gasteiger partial charge is 0.480 e. The summed E-state index contributed by atoms with van der Waals surface area (Å²) in [5.41, 5.74) is 6.32. The number of nitriles is 1. The number of carboxylic acid groups (broad SMARTS) is 1. The van der Waals surface area contributed by atoms with Crippen molar-refractivity contribution in [3.63, 3.8) is 0 Å². The highest BCUT2D eigenvalue weighted by molar-refractivity contribution is 5.75. The molecule has 0 aliphatic heterocycles. The van der Waals surface area contributed by atoms with Crippen LogP contribution in [0, 0.1) is 11.3 Å². The van der Waals surface area contributed by atoms with Crippen LogP contribution in [0.1, 0.15) is 25.0 Å². The molecular weight excluding hydrogens is 204 g/mol. The molecule has 0 aromatic heterocycles. The van der Waals surface area contributed by atoms with Gasteiger partial charge in [0.05, 0.1) is 11.6 Å². The maximum Gasteiger partial charge on any atom is 0.321 e. The van der Waals surface area contributed by atoms with Crippen molar-refractivity contribution < 1.29 is 9.90 Å². The van der Waals surface area contributed by atoms with Gasteiger partial charge in [-0.3, -0.25) is 4.79 Å². The number of nitrogens with two attached hydrogens (primary N) is 1. The van der Waals surface area contributed by atoms with Gasteiger partial charge in [-0.1, -0.05) is 26.0 Å². The molecule has 0 saturated carbocycles. The molecule has 1 aromatic carbocycles. The van der Waals surface area contributed by atoms with Crippen molar-refractivity contribution in [1.29, 1.82) is 5.26 Å². The van der Waals surface area contributed by atoms with Gasteiger partial charge in [-0.2, -0.15) is 5.26 Å². The van der Waals surface area contributed by atoms with E-state index in [0.29, 0.717) is 5.56 Å². The molecule has 0 amide bonds. The first-order valence-electron chi connectivity index (χ1n) is 4.88. The van der Waals surface area contributed by atoms with E-state index >= 15 is 0 Å². The highest BCUT2D eigenvalue weighted by Crippen LogP contribution is 2.26. The number of benzene rings is 1. The highest BCUT2D eigenvalue weighted by Gasteiger charge is 2.33. The Morgan fingerprint density at radius 1 is 1.44 bits per heavy atom. The maximum atomic E-state index is 10.9. The molecule has 1 unspecified atom stereocenters. The van der Waals surface area contributed by atoms with Crippen molar-refractivity contribution in [1.82, 2.24) is 0 Å². The summed E-state index contributed by atoms with van der Waals surface area (Å²) in [5.74, 6) is -1.03. The number of rotatable bonds is 3. The van der Waals surface area contributed by atoms with Gasteiger partial charge in [-0.05, 0) is 17.7 Å². The summed E-state index contributed by atoms with van der Waals surface area (Å²) in [6.45, 7) is 3.54. The van der Waals surface area contributed by atoms with Gasteiger partial charge in [0.15, 0.2) is 0 Å². The molecule has 0 radical (unpaired) electrons. The lowest BCUT2D eigenvalue weighted by molar-refractivity contribution is -0.140. The summed E-state index contributed by atoms with van der Waals surface area (Å²) in [4.78, 5) is 10.9. The molecule has 1 rings (SSSR count). The van der Waals surface area contributed by atoms with Gasteiger partial charge in [0.2, 0.25) is 0 Å². The van der Waals surface area contributed by atoms with Crippen LogP contribution in [0.25, 0.3) is 0 Å². The minimum absolute atomic E-state index is 0.545. The summed E-state index contributed by atoms with van der Waals surface area (Å²) < 4.78 is 0. The molecule has 3 N–H and O–H groups in total. The van der Waals surface area contributed by atoms with Crippen LogP contribution in [0.4, 0.5) is 0 Å². The average Bonchev–Trinajstić information content (AvgIpc) is 2.28. The van der Waals surface area contributed by atoms with Gasteiger partial charge in [-0.25, -0.2) is 0 Å². The summed E-state index contributed by atoms with van der Waals surface area (Å²) in [6.07, 6.45) is 0. The third-order valence-electron chi connectivity index (χ3n) is 2.80. The van der Waals surface area contributed by atoms with Crippen molar-refractivity contribution in [2.45, 2.75) is 25.3 Å². The molecule has 4 heteroatoms. The Bertz CT molecular complexity index is 429. The van der Waals surface area contributed by atoms with Crippen LogP contribution in [0.3, 0.4) is 0 Å². The summed E-state index contributed by atoms with van der Waals surface area (Å²) in [5, 5.41) is 17.6. The zero-order valence-corrected chi connectivity index (χ0v) is 9.27. The molecule has 84 valence electrons. The maximum absolute atomic E-state index is 10.9. The van der Waals surface area contributed by atoms with Crippen LogP contribution < -0.4 is 5.73 Å². The zero-order valence-electron chi connectivity index (χ0n) is 9.27. The highest BCUT2D eigenvalue weighted by atomic mass is 16.4. The normalized spacial score (nSPS) is 12.9. The molecule has 0 spiro atoms. The lowest BCUT2D eigenvalue weighted by atomic mass is 9.78. The number of hydrogen-bond acceptors (Lipinski definition) is 3. The van der Waals surface area contributed by atoms with Gasteiger partial charge in [0, 0.05) is 5.41 Å². The predicted molar refractivity (Wildman–Crippen MR) is 59.8 cm³/mol. The van der Waals surface area contributed by atoms with E-state index < -0.39 is 17.4 Å². The summed E-state index contributed by atoms with van der Waals surface area (Å²) in [6, 6.07) is 7.83. The number of carbonyl (C=O) groups is 1. The molecule has 0 aliphatic rings. The zero-order chi connectivity index (χ0) is 12.3. The smallest absolute Gasteiger partial charge is 0.321 e. The molecule has 0 heterocycles. The molecule has 4 nitrogen and oxygen atoms in total. The van der Waals surface area contributed by atoms with Crippen LogP contribution in [0.5, 0.6) is 0 Å². The quantitative estimate of drug-likeness (QED) is 0.799. The Morgan fingerprint density at radius 2 is 1.94 bits per heavy atom. The number of nitrogens with zero attached hydrogens (tertiary/aromatic N) is 1. The average molecular weight is 218 g/mol. The Kier molecular flexibility index (Phi) is 3.31. The van der Waals surface area contributed by atoms with E-state index in [2.05, 4.69) is 0 Å². The fourth-order valence-electron chi connectivity index (χ4n) is 1.46. The first kappa shape index (κ1) is 12.2. The molecule has 1 atom stereocenters. The summed E-state index contributed by atoms with van der Waals surface area (Å²) in [7, 11) is 0. The minimum Gasteiger partial charge on any atom is -0.480 e. The van der Waals surface area contributed by atoms with Crippen LogP contribution in [0.15, 0.2) is 24.3 Å². The third-order valence-corrected chi connectivity index (χ3v) is 2.80. The third kappa shape index (κ3) is 2.20. The Labute approximate surface area is 94.3 Å². The first-order chi connectivity index (χ1) is 7.39. The fraction of sp³-hybridized carbons (Fsp3) is 0.333.